The number of carbonyl (C=O) groups excluding carboxylic acids is 3. The first-order valence-corrected chi connectivity index (χ1v) is 7.64. The minimum absolute atomic E-state index is 0.0643. The Kier molecular flexibility index (Phi) is 6.20. The smallest absolute Gasteiger partial charge is 0.314 e. The zero-order valence-electron chi connectivity index (χ0n) is 13.8. The van der Waals surface area contributed by atoms with Gasteiger partial charge in [0.25, 0.3) is 0 Å². The van der Waals surface area contributed by atoms with E-state index in [1.54, 1.807) is 6.92 Å². The number of likely N-dealkylation sites (tertiary alicyclic amines) is 1. The van der Waals surface area contributed by atoms with E-state index in [-0.39, 0.29) is 30.3 Å². The van der Waals surface area contributed by atoms with E-state index in [9.17, 15) is 14.4 Å². The Hall–Kier alpha value is -1.79. The topological polar surface area (TPSA) is 102 Å². The molecule has 1 aliphatic heterocycles. The molecule has 0 aromatic rings. The van der Waals surface area contributed by atoms with Crippen LogP contribution in [-0.4, -0.2) is 48.5 Å². The molecule has 0 radical (unpaired) electrons. The second kappa shape index (κ2) is 7.47. The number of carbonyl (C=O) groups is 3. The van der Waals surface area contributed by atoms with Crippen molar-refractivity contribution in [2.24, 2.45) is 17.1 Å². The predicted octanol–water partition coefficient (Wildman–Crippen LogP) is 0.871. The summed E-state index contributed by atoms with van der Waals surface area (Å²) in [5.41, 5.74) is 4.85. The van der Waals surface area contributed by atoms with Crippen LogP contribution in [0.3, 0.4) is 0 Å². The molecule has 2 unspecified atom stereocenters. The molecule has 22 heavy (non-hydrogen) atoms. The summed E-state index contributed by atoms with van der Waals surface area (Å²) in [6, 6.07) is -0.740. The fraction of sp³-hybridized carbons (Fsp3) is 0.800. The highest BCUT2D eigenvalue weighted by molar-refractivity contribution is 5.81. The first-order chi connectivity index (χ1) is 10.1. The lowest BCUT2D eigenvalue weighted by atomic mass is 9.89. The summed E-state index contributed by atoms with van der Waals surface area (Å²) < 4.78 is 4.95. The van der Waals surface area contributed by atoms with E-state index in [1.807, 2.05) is 20.8 Å². The number of nitrogens with one attached hydrogen (secondary N) is 1. The largest absolute Gasteiger partial charge is 0.466 e. The molecule has 3 N–H and O–H groups in total. The molecule has 0 spiro atoms. The quantitative estimate of drug-likeness (QED) is 0.752. The Labute approximate surface area is 131 Å². The van der Waals surface area contributed by atoms with Gasteiger partial charge in [-0.25, -0.2) is 4.79 Å². The summed E-state index contributed by atoms with van der Waals surface area (Å²) in [5, 5.41) is 2.94. The lowest BCUT2D eigenvalue weighted by molar-refractivity contribution is -0.144. The van der Waals surface area contributed by atoms with Crippen LogP contribution in [0.5, 0.6) is 0 Å². The summed E-state index contributed by atoms with van der Waals surface area (Å²) in [5.74, 6) is -0.441. The first kappa shape index (κ1) is 18.3. The van der Waals surface area contributed by atoms with Crippen LogP contribution >= 0.6 is 0 Å². The maximum Gasteiger partial charge on any atom is 0.314 e. The Morgan fingerprint density at radius 1 is 1.27 bits per heavy atom. The van der Waals surface area contributed by atoms with E-state index in [2.05, 4.69) is 5.32 Å². The third kappa shape index (κ3) is 5.54. The van der Waals surface area contributed by atoms with Gasteiger partial charge in [-0.3, -0.25) is 9.59 Å². The minimum atomic E-state index is -0.538. The highest BCUT2D eigenvalue weighted by atomic mass is 16.5. The number of rotatable bonds is 4. The molecular weight excluding hydrogens is 286 g/mol. The predicted molar refractivity (Wildman–Crippen MR) is 81.9 cm³/mol. The second-order valence-electron chi connectivity index (χ2n) is 6.77. The van der Waals surface area contributed by atoms with Crippen LogP contribution in [0.25, 0.3) is 0 Å². The normalized spacial score (nSPS) is 22.1. The van der Waals surface area contributed by atoms with E-state index in [1.165, 1.54) is 4.90 Å². The fourth-order valence-corrected chi connectivity index (χ4v) is 2.49. The lowest BCUT2D eigenvalue weighted by Gasteiger charge is -2.37. The van der Waals surface area contributed by atoms with E-state index in [4.69, 9.17) is 10.5 Å². The number of hydrogen-bond acceptors (Lipinski definition) is 4. The van der Waals surface area contributed by atoms with E-state index >= 15 is 0 Å². The van der Waals surface area contributed by atoms with Gasteiger partial charge >= 0.3 is 12.0 Å². The van der Waals surface area contributed by atoms with Gasteiger partial charge in [0.2, 0.25) is 5.91 Å². The van der Waals surface area contributed by atoms with Gasteiger partial charge in [-0.05, 0) is 19.3 Å². The van der Waals surface area contributed by atoms with E-state index in [0.717, 1.165) is 0 Å². The Balaban J connectivity index is 2.70. The zero-order chi connectivity index (χ0) is 16.9. The van der Waals surface area contributed by atoms with Crippen LogP contribution in [0, 0.1) is 11.3 Å². The van der Waals surface area contributed by atoms with Crippen molar-refractivity contribution in [3.8, 4) is 0 Å². The van der Waals surface area contributed by atoms with Gasteiger partial charge in [-0.15, -0.1) is 0 Å². The molecule has 7 heteroatoms. The Morgan fingerprint density at radius 2 is 1.91 bits per heavy atom. The molecule has 0 aliphatic carbocycles. The Morgan fingerprint density at radius 3 is 2.41 bits per heavy atom. The van der Waals surface area contributed by atoms with Gasteiger partial charge in [0.05, 0.1) is 13.0 Å². The molecule has 2 atom stereocenters. The van der Waals surface area contributed by atoms with Gasteiger partial charge in [0.1, 0.15) is 0 Å². The first-order valence-electron chi connectivity index (χ1n) is 7.64. The SMILES string of the molecule is CCOC(=O)CC1CC(NC(=O)C(C)(C)C)CN(C(N)=O)C1. The molecule has 3 amide bonds. The van der Waals surface area contributed by atoms with Crippen LogP contribution in [0.15, 0.2) is 0 Å². The minimum Gasteiger partial charge on any atom is -0.466 e. The van der Waals surface area contributed by atoms with Gasteiger partial charge < -0.3 is 20.7 Å². The van der Waals surface area contributed by atoms with Crippen LogP contribution < -0.4 is 11.1 Å². The molecule has 1 heterocycles. The maximum atomic E-state index is 12.1. The fourth-order valence-electron chi connectivity index (χ4n) is 2.49. The summed E-state index contributed by atoms with van der Waals surface area (Å²) >= 11 is 0. The number of nitrogens with zero attached hydrogens (tertiary/aromatic N) is 1. The summed E-state index contributed by atoms with van der Waals surface area (Å²) in [7, 11) is 0. The third-order valence-corrected chi connectivity index (χ3v) is 3.63. The number of primary amides is 1. The summed E-state index contributed by atoms with van der Waals surface area (Å²) in [6.07, 6.45) is 0.851. The maximum absolute atomic E-state index is 12.1. The molecular formula is C15H27N3O4. The molecule has 1 rings (SSSR count). The van der Waals surface area contributed by atoms with Crippen molar-refractivity contribution in [1.29, 1.82) is 0 Å². The van der Waals surface area contributed by atoms with Gasteiger partial charge in [0.15, 0.2) is 0 Å². The summed E-state index contributed by atoms with van der Waals surface area (Å²) in [6.45, 7) is 8.34. The van der Waals surface area contributed by atoms with Crippen molar-refractivity contribution in [3.05, 3.63) is 0 Å². The average Bonchev–Trinajstić information content (AvgIpc) is 2.37. The van der Waals surface area contributed by atoms with Gasteiger partial charge in [-0.1, -0.05) is 20.8 Å². The van der Waals surface area contributed by atoms with Crippen molar-refractivity contribution >= 4 is 17.9 Å². The van der Waals surface area contributed by atoms with Crippen molar-refractivity contribution in [3.63, 3.8) is 0 Å². The number of urea groups is 1. The van der Waals surface area contributed by atoms with Crippen LogP contribution in [0.2, 0.25) is 0 Å². The van der Waals surface area contributed by atoms with Crippen molar-refractivity contribution in [1.82, 2.24) is 10.2 Å². The molecule has 0 aromatic heterocycles. The lowest BCUT2D eigenvalue weighted by Crippen LogP contribution is -2.55. The third-order valence-electron chi connectivity index (χ3n) is 3.63. The van der Waals surface area contributed by atoms with Gasteiger partial charge in [-0.2, -0.15) is 0 Å². The molecule has 7 nitrogen and oxygen atoms in total. The molecule has 1 saturated heterocycles. The second-order valence-corrected chi connectivity index (χ2v) is 6.77. The van der Waals surface area contributed by atoms with Gasteiger partial charge in [0, 0.05) is 24.5 Å². The van der Waals surface area contributed by atoms with Crippen molar-refractivity contribution in [2.45, 2.75) is 46.6 Å². The molecule has 1 aliphatic rings. The van der Waals surface area contributed by atoms with Crippen molar-refractivity contribution < 1.29 is 19.1 Å². The monoisotopic (exact) mass is 313 g/mol. The van der Waals surface area contributed by atoms with Crippen LogP contribution in [0.1, 0.15) is 40.5 Å². The van der Waals surface area contributed by atoms with Crippen molar-refractivity contribution in [2.75, 3.05) is 19.7 Å². The molecule has 1 fully saturated rings. The van der Waals surface area contributed by atoms with E-state index in [0.29, 0.717) is 26.1 Å². The van der Waals surface area contributed by atoms with Crippen LogP contribution in [0.4, 0.5) is 4.79 Å². The highest BCUT2D eigenvalue weighted by Gasteiger charge is 2.33. The number of amides is 3. The highest BCUT2D eigenvalue weighted by Crippen LogP contribution is 2.22. The molecule has 126 valence electrons. The summed E-state index contributed by atoms with van der Waals surface area (Å²) in [4.78, 5) is 36.7. The number of piperidine rings is 1. The van der Waals surface area contributed by atoms with E-state index < -0.39 is 11.4 Å². The molecule has 0 saturated carbocycles. The molecule has 0 aromatic carbocycles. The molecule has 0 bridgehead atoms. The standard InChI is InChI=1S/C15H27N3O4/c1-5-22-12(19)7-10-6-11(9-18(8-10)14(16)21)17-13(20)15(2,3)4/h10-11H,5-9H2,1-4H3,(H2,16,21)(H,17,20). The Bertz CT molecular complexity index is 431. The van der Waals surface area contributed by atoms with Crippen LogP contribution in [-0.2, 0) is 14.3 Å². The number of hydrogen-bond donors (Lipinski definition) is 2. The number of nitrogens with two attached hydrogens (primary N) is 1. The number of esters is 1. The number of ether oxygens (including phenoxy) is 1. The average molecular weight is 313 g/mol. The zero-order valence-corrected chi connectivity index (χ0v) is 13.8.